The summed E-state index contributed by atoms with van der Waals surface area (Å²) >= 11 is 3.19. The lowest BCUT2D eigenvalue weighted by atomic mass is 10.3. The van der Waals surface area contributed by atoms with Gasteiger partial charge in [-0.15, -0.1) is 0 Å². The number of rotatable bonds is 5. The molecular weight excluding hydrogens is 274 g/mol. The summed E-state index contributed by atoms with van der Waals surface area (Å²) in [4.78, 5) is 15.5. The van der Waals surface area contributed by atoms with Crippen LogP contribution in [0.25, 0.3) is 0 Å². The quantitative estimate of drug-likeness (QED) is 0.474. The average molecular weight is 288 g/mol. The van der Waals surface area contributed by atoms with Crippen LogP contribution in [0.1, 0.15) is 24.2 Å². The molecule has 1 heterocycles. The second-order valence-corrected chi connectivity index (χ2v) is 4.15. The van der Waals surface area contributed by atoms with Gasteiger partial charge in [0, 0.05) is 6.20 Å². The van der Waals surface area contributed by atoms with Crippen molar-refractivity contribution in [3.63, 3.8) is 0 Å². The average Bonchev–Trinajstić information content (AvgIpc) is 2.24. The molecule has 0 saturated carbocycles. The summed E-state index contributed by atoms with van der Waals surface area (Å²) < 4.78 is 10.8. The van der Waals surface area contributed by atoms with Gasteiger partial charge in [-0.05, 0) is 41.9 Å². The van der Waals surface area contributed by atoms with Crippen LogP contribution in [-0.2, 0) is 9.47 Å². The third-order valence-electron chi connectivity index (χ3n) is 1.75. The first-order valence-electron chi connectivity index (χ1n) is 5.00. The molecule has 0 atom stereocenters. The number of ether oxygens (including phenoxy) is 2. The molecule has 0 unspecified atom stereocenters. The van der Waals surface area contributed by atoms with E-state index in [0.29, 0.717) is 16.8 Å². The van der Waals surface area contributed by atoms with Gasteiger partial charge in [0.1, 0.15) is 11.2 Å². The number of esters is 1. The van der Waals surface area contributed by atoms with Gasteiger partial charge >= 0.3 is 5.97 Å². The fraction of sp³-hybridized carbons (Fsp3) is 0.455. The maximum absolute atomic E-state index is 11.6. The van der Waals surface area contributed by atoms with Crippen molar-refractivity contribution >= 4 is 21.9 Å². The van der Waals surface area contributed by atoms with Crippen LogP contribution in [-0.4, -0.2) is 30.3 Å². The molecule has 16 heavy (non-hydrogen) atoms. The summed E-state index contributed by atoms with van der Waals surface area (Å²) in [5.74, 6) is -0.396. The third-order valence-corrected chi connectivity index (χ3v) is 2.38. The second-order valence-electron chi connectivity index (χ2n) is 3.40. The first-order valence-corrected chi connectivity index (χ1v) is 5.80. The van der Waals surface area contributed by atoms with E-state index < -0.39 is 5.97 Å². The molecule has 4 nitrogen and oxygen atoms in total. The molecule has 0 saturated heterocycles. The van der Waals surface area contributed by atoms with E-state index in [-0.39, 0.29) is 12.7 Å². The second kappa shape index (κ2) is 6.60. The molecule has 1 rings (SSSR count). The molecule has 0 bridgehead atoms. The van der Waals surface area contributed by atoms with Gasteiger partial charge in [0.25, 0.3) is 0 Å². The number of hydrogen-bond donors (Lipinski definition) is 0. The van der Waals surface area contributed by atoms with Crippen molar-refractivity contribution in [2.24, 2.45) is 0 Å². The Hall–Kier alpha value is -0.940. The normalized spacial score (nSPS) is 10.5. The van der Waals surface area contributed by atoms with Gasteiger partial charge in [-0.1, -0.05) is 0 Å². The predicted molar refractivity (Wildman–Crippen MR) is 63.3 cm³/mol. The molecule has 0 aliphatic rings. The molecule has 0 aliphatic heterocycles. The van der Waals surface area contributed by atoms with E-state index in [1.54, 1.807) is 18.3 Å². The Morgan fingerprint density at radius 1 is 1.50 bits per heavy atom. The number of carbonyl (C=O) groups excluding carboxylic acids is 1. The highest BCUT2D eigenvalue weighted by Gasteiger charge is 2.11. The lowest BCUT2D eigenvalue weighted by Crippen LogP contribution is -2.14. The Kier molecular flexibility index (Phi) is 5.42. The Balaban J connectivity index is 2.39. The van der Waals surface area contributed by atoms with Gasteiger partial charge in [-0.2, -0.15) is 0 Å². The highest BCUT2D eigenvalue weighted by Crippen LogP contribution is 2.13. The molecule has 0 aliphatic carbocycles. The molecule has 0 spiro atoms. The number of pyridine rings is 1. The van der Waals surface area contributed by atoms with E-state index in [1.165, 1.54) is 0 Å². The molecule has 88 valence electrons. The zero-order valence-corrected chi connectivity index (χ0v) is 10.9. The molecule has 0 fully saturated rings. The number of carbonyl (C=O) groups is 1. The minimum atomic E-state index is -0.396. The number of nitrogens with zero attached hydrogens (tertiary/aromatic N) is 1. The molecule has 1 aromatic rings. The van der Waals surface area contributed by atoms with Gasteiger partial charge in [-0.3, -0.25) is 0 Å². The van der Waals surface area contributed by atoms with Gasteiger partial charge in [0.15, 0.2) is 0 Å². The SMILES string of the molecule is CC(C)OCCOC(=O)c1cccnc1Br. The summed E-state index contributed by atoms with van der Waals surface area (Å²) in [5, 5.41) is 0. The minimum Gasteiger partial charge on any atom is -0.460 e. The van der Waals surface area contributed by atoms with E-state index >= 15 is 0 Å². The fourth-order valence-corrected chi connectivity index (χ4v) is 1.45. The van der Waals surface area contributed by atoms with Crippen LogP contribution in [0.2, 0.25) is 0 Å². The molecular formula is C11H14BrNO3. The third kappa shape index (κ3) is 4.28. The Labute approximate surface area is 103 Å². The molecule has 1 aromatic heterocycles. The van der Waals surface area contributed by atoms with Crippen molar-refractivity contribution in [3.8, 4) is 0 Å². The lowest BCUT2D eigenvalue weighted by Gasteiger charge is -2.08. The first-order chi connectivity index (χ1) is 7.61. The zero-order valence-electron chi connectivity index (χ0n) is 9.27. The van der Waals surface area contributed by atoms with Crippen LogP contribution >= 0.6 is 15.9 Å². The minimum absolute atomic E-state index is 0.142. The Morgan fingerprint density at radius 3 is 2.88 bits per heavy atom. The molecule has 0 amide bonds. The van der Waals surface area contributed by atoms with Crippen molar-refractivity contribution in [2.45, 2.75) is 20.0 Å². The van der Waals surface area contributed by atoms with Gasteiger partial charge in [0.05, 0.1) is 18.3 Å². The highest BCUT2D eigenvalue weighted by molar-refractivity contribution is 9.10. The van der Waals surface area contributed by atoms with Gasteiger partial charge < -0.3 is 9.47 Å². The topological polar surface area (TPSA) is 48.4 Å². The lowest BCUT2D eigenvalue weighted by molar-refractivity contribution is 0.0176. The van der Waals surface area contributed by atoms with Crippen LogP contribution in [0.5, 0.6) is 0 Å². The van der Waals surface area contributed by atoms with E-state index in [2.05, 4.69) is 20.9 Å². The Bertz CT molecular complexity index is 355. The molecule has 5 heteroatoms. The van der Waals surface area contributed by atoms with E-state index in [4.69, 9.17) is 9.47 Å². The largest absolute Gasteiger partial charge is 0.460 e. The highest BCUT2D eigenvalue weighted by atomic mass is 79.9. The standard InChI is InChI=1S/C11H14BrNO3/c1-8(2)15-6-7-16-11(14)9-4-3-5-13-10(9)12/h3-5,8H,6-7H2,1-2H3. The number of halogens is 1. The molecule has 0 N–H and O–H groups in total. The summed E-state index contributed by atoms with van der Waals surface area (Å²) in [7, 11) is 0. The van der Waals surface area contributed by atoms with Crippen molar-refractivity contribution in [1.29, 1.82) is 0 Å². The van der Waals surface area contributed by atoms with Crippen molar-refractivity contribution in [3.05, 3.63) is 28.5 Å². The van der Waals surface area contributed by atoms with Gasteiger partial charge in [0.2, 0.25) is 0 Å². The van der Waals surface area contributed by atoms with Crippen LogP contribution < -0.4 is 0 Å². The molecule has 0 aromatic carbocycles. The fourth-order valence-electron chi connectivity index (χ4n) is 1.03. The number of hydrogen-bond acceptors (Lipinski definition) is 4. The van der Waals surface area contributed by atoms with E-state index in [9.17, 15) is 4.79 Å². The maximum Gasteiger partial charge on any atom is 0.340 e. The summed E-state index contributed by atoms with van der Waals surface area (Å²) in [6, 6.07) is 3.34. The summed E-state index contributed by atoms with van der Waals surface area (Å²) in [6.07, 6.45) is 1.74. The van der Waals surface area contributed by atoms with E-state index in [0.717, 1.165) is 0 Å². The van der Waals surface area contributed by atoms with Crippen molar-refractivity contribution in [2.75, 3.05) is 13.2 Å². The summed E-state index contributed by atoms with van der Waals surface area (Å²) in [6.45, 7) is 4.51. The smallest absolute Gasteiger partial charge is 0.340 e. The summed E-state index contributed by atoms with van der Waals surface area (Å²) in [5.41, 5.74) is 0.423. The monoisotopic (exact) mass is 287 g/mol. The van der Waals surface area contributed by atoms with Crippen LogP contribution in [0, 0.1) is 0 Å². The van der Waals surface area contributed by atoms with Crippen molar-refractivity contribution < 1.29 is 14.3 Å². The maximum atomic E-state index is 11.6. The first kappa shape index (κ1) is 13.1. The van der Waals surface area contributed by atoms with Crippen LogP contribution in [0.4, 0.5) is 0 Å². The number of aromatic nitrogens is 1. The van der Waals surface area contributed by atoms with Crippen LogP contribution in [0.3, 0.4) is 0 Å². The predicted octanol–water partition coefficient (Wildman–Crippen LogP) is 2.43. The zero-order chi connectivity index (χ0) is 12.0. The Morgan fingerprint density at radius 2 is 2.25 bits per heavy atom. The van der Waals surface area contributed by atoms with E-state index in [1.807, 2.05) is 13.8 Å². The van der Waals surface area contributed by atoms with Crippen LogP contribution in [0.15, 0.2) is 22.9 Å². The van der Waals surface area contributed by atoms with Gasteiger partial charge in [-0.25, -0.2) is 9.78 Å². The molecule has 0 radical (unpaired) electrons. The van der Waals surface area contributed by atoms with Crippen molar-refractivity contribution in [1.82, 2.24) is 4.98 Å².